The maximum atomic E-state index is 9.15. The molecule has 3 heteroatoms. The van der Waals surface area contributed by atoms with Crippen molar-refractivity contribution in [1.82, 2.24) is 5.32 Å². The maximum absolute atomic E-state index is 9.15. The molecule has 110 valence electrons. The Morgan fingerprint density at radius 3 is 2.95 bits per heavy atom. The highest BCUT2D eigenvalue weighted by atomic mass is 16.5. The van der Waals surface area contributed by atoms with E-state index < -0.39 is 0 Å². The van der Waals surface area contributed by atoms with Gasteiger partial charge < -0.3 is 15.2 Å². The summed E-state index contributed by atoms with van der Waals surface area (Å²) < 4.78 is 5.32. The summed E-state index contributed by atoms with van der Waals surface area (Å²) >= 11 is 0. The monoisotopic (exact) mass is 275 g/mol. The van der Waals surface area contributed by atoms with Gasteiger partial charge in [0.2, 0.25) is 0 Å². The van der Waals surface area contributed by atoms with Crippen LogP contribution in [0.25, 0.3) is 0 Å². The molecule has 1 unspecified atom stereocenters. The van der Waals surface area contributed by atoms with Gasteiger partial charge in [0.25, 0.3) is 0 Å². The number of aryl methyl sites for hydroxylation is 1. The molecule has 0 amide bonds. The Labute approximate surface area is 121 Å². The molecule has 0 spiro atoms. The molecule has 0 aliphatic heterocycles. The third-order valence-electron chi connectivity index (χ3n) is 4.99. The Kier molecular flexibility index (Phi) is 3.99. The number of nitrogens with one attached hydrogen (secondary N) is 1. The summed E-state index contributed by atoms with van der Waals surface area (Å²) in [6.45, 7) is 1.36. The number of hydrogen-bond donors (Lipinski definition) is 2. The van der Waals surface area contributed by atoms with Crippen molar-refractivity contribution in [3.63, 3.8) is 0 Å². The predicted octanol–water partition coefficient (Wildman–Crippen LogP) is 2.82. The summed E-state index contributed by atoms with van der Waals surface area (Å²) in [5, 5.41) is 12.9. The summed E-state index contributed by atoms with van der Waals surface area (Å²) in [4.78, 5) is 0. The Morgan fingerprint density at radius 2 is 2.25 bits per heavy atom. The van der Waals surface area contributed by atoms with Crippen molar-refractivity contribution in [2.45, 2.75) is 44.6 Å². The van der Waals surface area contributed by atoms with Crippen LogP contribution < -0.4 is 10.1 Å². The second kappa shape index (κ2) is 5.74. The molecule has 1 atom stereocenters. The molecule has 1 fully saturated rings. The van der Waals surface area contributed by atoms with Crippen LogP contribution in [0.5, 0.6) is 5.75 Å². The van der Waals surface area contributed by atoms with Crippen LogP contribution in [0, 0.1) is 5.41 Å². The summed E-state index contributed by atoms with van der Waals surface area (Å²) in [5.74, 6) is 0.961. The van der Waals surface area contributed by atoms with Crippen molar-refractivity contribution in [2.75, 3.05) is 20.3 Å². The van der Waals surface area contributed by atoms with Crippen molar-refractivity contribution in [3.05, 3.63) is 29.3 Å². The lowest BCUT2D eigenvalue weighted by Gasteiger charge is -2.28. The van der Waals surface area contributed by atoms with E-state index >= 15 is 0 Å². The quantitative estimate of drug-likeness (QED) is 0.839. The molecule has 1 aromatic rings. The number of ether oxygens (including phenoxy) is 1. The first-order valence-electron chi connectivity index (χ1n) is 7.77. The van der Waals surface area contributed by atoms with Gasteiger partial charge in [-0.1, -0.05) is 6.07 Å². The van der Waals surface area contributed by atoms with Crippen molar-refractivity contribution in [1.29, 1.82) is 0 Å². The van der Waals surface area contributed by atoms with Gasteiger partial charge in [0.15, 0.2) is 0 Å². The van der Waals surface area contributed by atoms with Crippen LogP contribution in [-0.4, -0.2) is 25.4 Å². The molecule has 0 bridgehead atoms. The standard InChI is InChI=1S/C17H25NO2/c1-20-14-5-6-15-13(11-14)3-2-4-16(15)18-12-17(7-8-17)9-10-19/h5-6,11,16,18-19H,2-4,7-10,12H2,1H3. The number of aliphatic hydroxyl groups excluding tert-OH is 1. The van der Waals surface area contributed by atoms with Gasteiger partial charge in [0, 0.05) is 19.2 Å². The van der Waals surface area contributed by atoms with Crippen molar-refractivity contribution >= 4 is 0 Å². The molecule has 0 radical (unpaired) electrons. The van der Waals surface area contributed by atoms with Crippen molar-refractivity contribution in [3.8, 4) is 5.75 Å². The first-order chi connectivity index (χ1) is 9.76. The SMILES string of the molecule is COc1ccc2c(c1)CCCC2NCC1(CCO)CC1. The predicted molar refractivity (Wildman–Crippen MR) is 80.0 cm³/mol. The first-order valence-corrected chi connectivity index (χ1v) is 7.77. The molecule has 2 aliphatic carbocycles. The van der Waals surface area contributed by atoms with Gasteiger partial charge in [-0.2, -0.15) is 0 Å². The number of benzene rings is 1. The van der Waals surface area contributed by atoms with E-state index in [2.05, 4.69) is 23.5 Å². The Balaban J connectivity index is 1.67. The lowest BCUT2D eigenvalue weighted by molar-refractivity contribution is 0.240. The molecule has 0 saturated heterocycles. The normalized spacial score (nSPS) is 23.2. The van der Waals surface area contributed by atoms with Crippen LogP contribution in [0.4, 0.5) is 0 Å². The molecule has 3 nitrogen and oxygen atoms in total. The second-order valence-corrected chi connectivity index (χ2v) is 6.36. The van der Waals surface area contributed by atoms with E-state index in [4.69, 9.17) is 9.84 Å². The molecule has 2 aliphatic rings. The number of fused-ring (bicyclic) bond motifs is 1. The number of hydrogen-bond acceptors (Lipinski definition) is 3. The van der Waals surface area contributed by atoms with E-state index in [-0.39, 0.29) is 0 Å². The lowest BCUT2D eigenvalue weighted by Crippen LogP contribution is -2.31. The summed E-state index contributed by atoms with van der Waals surface area (Å²) in [6, 6.07) is 6.95. The zero-order chi connectivity index (χ0) is 14.0. The molecular formula is C17H25NO2. The minimum atomic E-state index is 0.320. The second-order valence-electron chi connectivity index (χ2n) is 6.36. The zero-order valence-electron chi connectivity index (χ0n) is 12.3. The zero-order valence-corrected chi connectivity index (χ0v) is 12.3. The van der Waals surface area contributed by atoms with Crippen LogP contribution in [0.2, 0.25) is 0 Å². The molecule has 20 heavy (non-hydrogen) atoms. The van der Waals surface area contributed by atoms with Crippen molar-refractivity contribution in [2.24, 2.45) is 5.41 Å². The fourth-order valence-electron chi connectivity index (χ4n) is 3.40. The largest absolute Gasteiger partial charge is 0.497 e. The third-order valence-corrected chi connectivity index (χ3v) is 4.99. The van der Waals surface area contributed by atoms with Crippen molar-refractivity contribution < 1.29 is 9.84 Å². The van der Waals surface area contributed by atoms with E-state index in [9.17, 15) is 0 Å². The van der Waals surface area contributed by atoms with Gasteiger partial charge in [-0.25, -0.2) is 0 Å². The summed E-state index contributed by atoms with van der Waals surface area (Å²) in [6.07, 6.45) is 7.10. The smallest absolute Gasteiger partial charge is 0.119 e. The number of methoxy groups -OCH3 is 1. The molecule has 2 N–H and O–H groups in total. The van der Waals surface area contributed by atoms with E-state index in [1.54, 1.807) is 7.11 Å². The van der Waals surface area contributed by atoms with Gasteiger partial charge in [-0.05, 0) is 67.2 Å². The van der Waals surface area contributed by atoms with Crippen LogP contribution in [0.3, 0.4) is 0 Å². The third kappa shape index (κ3) is 2.84. The van der Waals surface area contributed by atoms with Gasteiger partial charge in [-0.15, -0.1) is 0 Å². The number of aliphatic hydroxyl groups is 1. The Morgan fingerprint density at radius 1 is 1.40 bits per heavy atom. The average Bonchev–Trinajstić information content (AvgIpc) is 3.25. The Hall–Kier alpha value is -1.06. The molecular weight excluding hydrogens is 250 g/mol. The number of rotatable bonds is 6. The summed E-state index contributed by atoms with van der Waals surface area (Å²) in [7, 11) is 1.73. The first kappa shape index (κ1) is 13.9. The van der Waals surface area contributed by atoms with Gasteiger partial charge >= 0.3 is 0 Å². The Bertz CT molecular complexity index is 468. The highest BCUT2D eigenvalue weighted by molar-refractivity contribution is 5.39. The van der Waals surface area contributed by atoms with Gasteiger partial charge in [0.05, 0.1) is 7.11 Å². The van der Waals surface area contributed by atoms with E-state index in [1.807, 2.05) is 0 Å². The average molecular weight is 275 g/mol. The lowest BCUT2D eigenvalue weighted by atomic mass is 9.87. The van der Waals surface area contributed by atoms with Crippen LogP contribution >= 0.6 is 0 Å². The highest BCUT2D eigenvalue weighted by Gasteiger charge is 2.42. The van der Waals surface area contributed by atoms with Crippen LogP contribution in [-0.2, 0) is 6.42 Å². The van der Waals surface area contributed by atoms with Gasteiger partial charge in [0.1, 0.15) is 5.75 Å². The minimum absolute atomic E-state index is 0.320. The molecule has 0 aromatic heterocycles. The summed E-state index contributed by atoms with van der Waals surface area (Å²) in [5.41, 5.74) is 3.26. The molecule has 3 rings (SSSR count). The van der Waals surface area contributed by atoms with E-state index in [0.29, 0.717) is 18.1 Å². The van der Waals surface area contributed by atoms with Crippen LogP contribution in [0.1, 0.15) is 49.3 Å². The van der Waals surface area contributed by atoms with E-state index in [1.165, 1.54) is 36.8 Å². The van der Waals surface area contributed by atoms with Gasteiger partial charge in [-0.3, -0.25) is 0 Å². The van der Waals surface area contributed by atoms with Crippen LogP contribution in [0.15, 0.2) is 18.2 Å². The maximum Gasteiger partial charge on any atom is 0.119 e. The minimum Gasteiger partial charge on any atom is -0.497 e. The fourth-order valence-corrected chi connectivity index (χ4v) is 3.40. The topological polar surface area (TPSA) is 41.5 Å². The highest BCUT2D eigenvalue weighted by Crippen LogP contribution is 2.48. The van der Waals surface area contributed by atoms with E-state index in [0.717, 1.165) is 25.1 Å². The molecule has 1 saturated carbocycles. The molecule has 0 heterocycles. The molecule has 1 aromatic carbocycles. The fraction of sp³-hybridized carbons (Fsp3) is 0.647.